The Balaban J connectivity index is 1.36. The molecule has 1 aliphatic rings. The lowest BCUT2D eigenvalue weighted by Gasteiger charge is -2.32. The second kappa shape index (κ2) is 9.00. The largest absolute Gasteiger partial charge is 0.307 e. The van der Waals surface area contributed by atoms with Crippen molar-refractivity contribution in [1.29, 1.82) is 0 Å². The van der Waals surface area contributed by atoms with E-state index in [4.69, 9.17) is 0 Å². The number of ketones is 1. The van der Waals surface area contributed by atoms with Crippen LogP contribution in [0.15, 0.2) is 61.1 Å². The van der Waals surface area contributed by atoms with Crippen molar-refractivity contribution in [1.82, 2.24) is 19.7 Å². The number of hydrogen-bond donors (Lipinski definition) is 1. The fourth-order valence-electron chi connectivity index (χ4n) is 3.86. The summed E-state index contributed by atoms with van der Waals surface area (Å²) in [6.45, 7) is 4.30. The maximum atomic E-state index is 12.5. The molecule has 154 valence electrons. The van der Waals surface area contributed by atoms with Gasteiger partial charge in [0.2, 0.25) is 0 Å². The summed E-state index contributed by atoms with van der Waals surface area (Å²) < 4.78 is 1.92. The normalized spacial score (nSPS) is 15.1. The second-order valence-corrected chi connectivity index (χ2v) is 7.62. The molecule has 7 nitrogen and oxygen atoms in total. The van der Waals surface area contributed by atoms with Crippen molar-refractivity contribution in [3.05, 3.63) is 77.7 Å². The Morgan fingerprint density at radius 2 is 1.87 bits per heavy atom. The van der Waals surface area contributed by atoms with E-state index >= 15 is 0 Å². The lowest BCUT2D eigenvalue weighted by molar-refractivity contribution is 0.101. The zero-order valence-electron chi connectivity index (χ0n) is 17.0. The predicted molar refractivity (Wildman–Crippen MR) is 114 cm³/mol. The van der Waals surface area contributed by atoms with E-state index in [1.165, 1.54) is 0 Å². The molecule has 7 heteroatoms. The van der Waals surface area contributed by atoms with E-state index in [1.54, 1.807) is 37.6 Å². The molecule has 0 saturated carbocycles. The molecule has 1 aromatic carbocycles. The summed E-state index contributed by atoms with van der Waals surface area (Å²) in [5, 5.41) is 7.40. The number of nitrogens with zero attached hydrogens (tertiary/aromatic N) is 4. The van der Waals surface area contributed by atoms with Crippen LogP contribution in [0.3, 0.4) is 0 Å². The molecular formula is C23H25N5O2. The predicted octanol–water partition coefficient (Wildman–Crippen LogP) is 3.57. The quantitative estimate of drug-likeness (QED) is 0.637. The standard InChI is InChI=1S/C23H25N5O2/c1-17(29)19-5-2-4-18(14-19)16-27-12-8-21(9-13-27)28-22(7-11-25-28)26-23(30)20-6-3-10-24-15-20/h2-7,10-11,14-15,21H,8-9,12-13,16H2,1H3,(H,26,30). The van der Waals surface area contributed by atoms with Gasteiger partial charge in [0.25, 0.3) is 5.91 Å². The summed E-state index contributed by atoms with van der Waals surface area (Å²) in [6, 6.07) is 13.4. The molecule has 3 heterocycles. The number of pyridine rings is 1. The summed E-state index contributed by atoms with van der Waals surface area (Å²) in [5.41, 5.74) is 2.44. The van der Waals surface area contributed by atoms with Crippen LogP contribution in [-0.4, -0.2) is 44.4 Å². The molecule has 30 heavy (non-hydrogen) atoms. The highest BCUT2D eigenvalue weighted by Gasteiger charge is 2.23. The molecule has 3 aromatic rings. The van der Waals surface area contributed by atoms with Crippen LogP contribution >= 0.6 is 0 Å². The number of hydrogen-bond acceptors (Lipinski definition) is 5. The van der Waals surface area contributed by atoms with Gasteiger partial charge in [0.15, 0.2) is 5.78 Å². The van der Waals surface area contributed by atoms with Crippen molar-refractivity contribution in [2.45, 2.75) is 32.4 Å². The van der Waals surface area contributed by atoms with Gasteiger partial charge in [-0.15, -0.1) is 0 Å². The topological polar surface area (TPSA) is 80.1 Å². The maximum Gasteiger partial charge on any atom is 0.258 e. The highest BCUT2D eigenvalue weighted by Crippen LogP contribution is 2.26. The first-order chi connectivity index (χ1) is 14.6. The van der Waals surface area contributed by atoms with E-state index in [9.17, 15) is 9.59 Å². The molecule has 2 aromatic heterocycles. The van der Waals surface area contributed by atoms with Crippen LogP contribution in [0.1, 0.15) is 52.1 Å². The molecule has 1 fully saturated rings. The third-order valence-corrected chi connectivity index (χ3v) is 5.48. The summed E-state index contributed by atoms with van der Waals surface area (Å²) in [7, 11) is 0. The van der Waals surface area contributed by atoms with Gasteiger partial charge in [0.1, 0.15) is 5.82 Å². The van der Waals surface area contributed by atoms with Crippen molar-refractivity contribution in [2.75, 3.05) is 18.4 Å². The van der Waals surface area contributed by atoms with Gasteiger partial charge >= 0.3 is 0 Å². The van der Waals surface area contributed by atoms with Crippen molar-refractivity contribution < 1.29 is 9.59 Å². The van der Waals surface area contributed by atoms with E-state index in [-0.39, 0.29) is 17.7 Å². The lowest BCUT2D eigenvalue weighted by atomic mass is 10.0. The molecule has 1 saturated heterocycles. The first kappa shape index (κ1) is 20.0. The number of benzene rings is 1. The van der Waals surface area contributed by atoms with Gasteiger partial charge in [-0.1, -0.05) is 18.2 Å². The molecule has 1 amide bonds. The Bertz CT molecular complexity index is 1020. The average molecular weight is 403 g/mol. The number of likely N-dealkylation sites (tertiary alicyclic amines) is 1. The molecule has 0 atom stereocenters. The Kier molecular flexibility index (Phi) is 5.99. The summed E-state index contributed by atoms with van der Waals surface area (Å²) in [6.07, 6.45) is 6.81. The van der Waals surface area contributed by atoms with Crippen LogP contribution < -0.4 is 5.32 Å². The highest BCUT2D eigenvalue weighted by atomic mass is 16.1. The van der Waals surface area contributed by atoms with Gasteiger partial charge < -0.3 is 5.32 Å². The van der Waals surface area contributed by atoms with Crippen LogP contribution in [0.2, 0.25) is 0 Å². The number of piperidine rings is 1. The summed E-state index contributed by atoms with van der Waals surface area (Å²) >= 11 is 0. The average Bonchev–Trinajstić information content (AvgIpc) is 3.23. The van der Waals surface area contributed by atoms with Crippen LogP contribution in [0, 0.1) is 0 Å². The number of nitrogens with one attached hydrogen (secondary N) is 1. The first-order valence-electron chi connectivity index (χ1n) is 10.2. The summed E-state index contributed by atoms with van der Waals surface area (Å²) in [5.74, 6) is 0.610. The monoisotopic (exact) mass is 403 g/mol. The molecule has 0 aliphatic carbocycles. The van der Waals surface area contributed by atoms with Crippen LogP contribution in [0.25, 0.3) is 0 Å². The fraction of sp³-hybridized carbons (Fsp3) is 0.304. The molecule has 1 aliphatic heterocycles. The second-order valence-electron chi connectivity index (χ2n) is 7.62. The van der Waals surface area contributed by atoms with Gasteiger partial charge in [-0.05, 0) is 43.5 Å². The maximum absolute atomic E-state index is 12.5. The van der Waals surface area contributed by atoms with Gasteiger partial charge in [-0.2, -0.15) is 5.10 Å². The molecule has 4 rings (SSSR count). The van der Waals surface area contributed by atoms with E-state index in [1.807, 2.05) is 28.9 Å². The molecule has 0 spiro atoms. The van der Waals surface area contributed by atoms with Crippen LogP contribution in [0.5, 0.6) is 0 Å². The fourth-order valence-corrected chi connectivity index (χ4v) is 3.86. The minimum Gasteiger partial charge on any atom is -0.307 e. The van der Waals surface area contributed by atoms with E-state index < -0.39 is 0 Å². The smallest absolute Gasteiger partial charge is 0.258 e. The minimum absolute atomic E-state index is 0.0927. The number of carbonyl (C=O) groups is 2. The number of amides is 1. The van der Waals surface area contributed by atoms with Gasteiger partial charge in [0.05, 0.1) is 17.8 Å². The van der Waals surface area contributed by atoms with Gasteiger partial charge in [0, 0.05) is 43.7 Å². The summed E-state index contributed by atoms with van der Waals surface area (Å²) in [4.78, 5) is 30.5. The number of carbonyl (C=O) groups excluding carboxylic acids is 2. The number of rotatable bonds is 6. The Morgan fingerprint density at radius 3 is 2.60 bits per heavy atom. The zero-order chi connectivity index (χ0) is 20.9. The molecule has 0 bridgehead atoms. The van der Waals surface area contributed by atoms with Gasteiger partial charge in [-0.25, -0.2) is 4.68 Å². The molecular weight excluding hydrogens is 378 g/mol. The molecule has 0 radical (unpaired) electrons. The van der Waals surface area contributed by atoms with E-state index in [0.29, 0.717) is 11.4 Å². The number of Topliss-reactive ketones (excluding diaryl/α,β-unsaturated/α-hetero) is 1. The zero-order valence-corrected chi connectivity index (χ0v) is 17.0. The Morgan fingerprint density at radius 1 is 1.07 bits per heavy atom. The van der Waals surface area contributed by atoms with Crippen molar-refractivity contribution in [3.63, 3.8) is 0 Å². The first-order valence-corrected chi connectivity index (χ1v) is 10.2. The van der Waals surface area contributed by atoms with Crippen molar-refractivity contribution >= 4 is 17.5 Å². The highest BCUT2D eigenvalue weighted by molar-refractivity contribution is 6.03. The third kappa shape index (κ3) is 4.63. The van der Waals surface area contributed by atoms with Gasteiger partial charge in [-0.3, -0.25) is 19.5 Å². The van der Waals surface area contributed by atoms with Crippen molar-refractivity contribution in [2.24, 2.45) is 0 Å². The SMILES string of the molecule is CC(=O)c1cccc(CN2CCC(n3nccc3NC(=O)c3cccnc3)CC2)c1. The van der Waals surface area contributed by atoms with Crippen molar-refractivity contribution in [3.8, 4) is 0 Å². The Labute approximate surface area is 175 Å². The van der Waals surface area contributed by atoms with E-state index in [2.05, 4.69) is 26.4 Å². The minimum atomic E-state index is -0.187. The number of aromatic nitrogens is 3. The Hall–Kier alpha value is -3.32. The van der Waals surface area contributed by atoms with Crippen LogP contribution in [-0.2, 0) is 6.54 Å². The number of anilines is 1. The lowest BCUT2D eigenvalue weighted by Crippen LogP contribution is -2.35. The molecule has 0 unspecified atom stereocenters. The third-order valence-electron chi connectivity index (χ3n) is 5.48. The van der Waals surface area contributed by atoms with Crippen LogP contribution in [0.4, 0.5) is 5.82 Å². The van der Waals surface area contributed by atoms with E-state index in [0.717, 1.165) is 43.6 Å². The molecule has 1 N–H and O–H groups in total.